The second-order valence-electron chi connectivity index (χ2n) is 2.71. The van der Waals surface area contributed by atoms with Crippen LogP contribution in [0.2, 0.25) is 0 Å². The normalized spacial score (nSPS) is 9.40. The number of benzene rings is 1. The summed E-state index contributed by atoms with van der Waals surface area (Å²) in [5, 5.41) is 18.4. The smallest absolute Gasteiger partial charge is 0.180 e. The largest absolute Gasteiger partial charge is 0.506 e. The number of phenolic OH excluding ortho intramolecular Hbond substituents is 1. The molecule has 15 heavy (non-hydrogen) atoms. The fourth-order valence-corrected chi connectivity index (χ4v) is 1.45. The topological polar surface area (TPSA) is 70.3 Å². The first-order valence-electron chi connectivity index (χ1n) is 4.05. The Hall–Kier alpha value is -1.54. The first-order chi connectivity index (χ1) is 7.15. The molecule has 0 atom stereocenters. The van der Waals surface area contributed by atoms with Gasteiger partial charge in [0.15, 0.2) is 5.78 Å². The van der Waals surface area contributed by atoms with Crippen LogP contribution in [-0.2, 0) is 0 Å². The van der Waals surface area contributed by atoms with Gasteiger partial charge < -0.3 is 9.84 Å². The molecule has 0 amide bonds. The fraction of sp³-hybridized carbons (Fsp3) is 0.200. The molecule has 0 aliphatic rings. The molecule has 0 heterocycles. The van der Waals surface area contributed by atoms with Crippen LogP contribution in [0.1, 0.15) is 15.9 Å². The van der Waals surface area contributed by atoms with Crippen LogP contribution in [0.4, 0.5) is 0 Å². The summed E-state index contributed by atoms with van der Waals surface area (Å²) in [6.07, 6.45) is 0. The average molecular weight is 270 g/mol. The fourth-order valence-electron chi connectivity index (χ4n) is 1.17. The van der Waals surface area contributed by atoms with E-state index in [2.05, 4.69) is 15.9 Å². The van der Waals surface area contributed by atoms with Gasteiger partial charge in [-0.15, -0.1) is 0 Å². The predicted octanol–water partition coefficient (Wildman–Crippen LogP) is 1.85. The van der Waals surface area contributed by atoms with Crippen LogP contribution in [0.15, 0.2) is 12.1 Å². The van der Waals surface area contributed by atoms with Crippen molar-refractivity contribution in [2.45, 2.75) is 0 Å². The lowest BCUT2D eigenvalue weighted by atomic mass is 10.1. The van der Waals surface area contributed by atoms with Gasteiger partial charge in [0.25, 0.3) is 0 Å². The van der Waals surface area contributed by atoms with Crippen molar-refractivity contribution < 1.29 is 14.6 Å². The molecule has 0 unspecified atom stereocenters. The number of rotatable bonds is 3. The molecule has 4 nitrogen and oxygen atoms in total. The number of ketones is 1. The van der Waals surface area contributed by atoms with Gasteiger partial charge in [0.1, 0.15) is 23.1 Å². The van der Waals surface area contributed by atoms with E-state index < -0.39 is 0 Å². The molecule has 0 radical (unpaired) electrons. The highest BCUT2D eigenvalue weighted by molar-refractivity contribution is 9.09. The minimum atomic E-state index is -0.332. The molecule has 0 aliphatic heterocycles. The number of aromatic hydroxyl groups is 1. The SMILES string of the molecule is COc1ccc(C#N)c(O)c1C(=O)CBr. The van der Waals surface area contributed by atoms with E-state index >= 15 is 0 Å². The average Bonchev–Trinajstić information content (AvgIpc) is 2.27. The van der Waals surface area contributed by atoms with Gasteiger partial charge >= 0.3 is 0 Å². The number of carbonyl (C=O) groups is 1. The third-order valence-corrected chi connectivity index (χ3v) is 2.39. The molecule has 1 aromatic carbocycles. The van der Waals surface area contributed by atoms with Crippen molar-refractivity contribution in [1.82, 2.24) is 0 Å². The van der Waals surface area contributed by atoms with Gasteiger partial charge in [-0.3, -0.25) is 4.79 Å². The lowest BCUT2D eigenvalue weighted by Crippen LogP contribution is -2.04. The summed E-state index contributed by atoms with van der Waals surface area (Å²) >= 11 is 3.00. The highest BCUT2D eigenvalue weighted by Gasteiger charge is 2.19. The van der Waals surface area contributed by atoms with Crippen molar-refractivity contribution in [3.05, 3.63) is 23.3 Å². The zero-order valence-corrected chi connectivity index (χ0v) is 9.54. The monoisotopic (exact) mass is 269 g/mol. The number of methoxy groups -OCH3 is 1. The van der Waals surface area contributed by atoms with Gasteiger partial charge in [0, 0.05) is 0 Å². The van der Waals surface area contributed by atoms with Crippen LogP contribution in [0.5, 0.6) is 11.5 Å². The summed E-state index contributed by atoms with van der Waals surface area (Å²) in [5.41, 5.74) is 0.0912. The Labute approximate surface area is 95.2 Å². The van der Waals surface area contributed by atoms with Gasteiger partial charge in [-0.05, 0) is 12.1 Å². The number of carbonyl (C=O) groups excluding carboxylic acids is 1. The van der Waals surface area contributed by atoms with E-state index in [0.29, 0.717) is 0 Å². The number of hydrogen-bond acceptors (Lipinski definition) is 4. The number of halogens is 1. The van der Waals surface area contributed by atoms with E-state index in [-0.39, 0.29) is 33.7 Å². The van der Waals surface area contributed by atoms with Gasteiger partial charge in [0.05, 0.1) is 18.0 Å². The zero-order valence-electron chi connectivity index (χ0n) is 7.95. The Kier molecular flexibility index (Phi) is 3.69. The third-order valence-electron chi connectivity index (χ3n) is 1.88. The maximum atomic E-state index is 11.5. The molecule has 78 valence electrons. The first-order valence-corrected chi connectivity index (χ1v) is 5.17. The molecule has 0 spiro atoms. The molecule has 5 heteroatoms. The van der Waals surface area contributed by atoms with E-state index in [1.807, 2.05) is 0 Å². The summed E-state index contributed by atoms with van der Waals surface area (Å²) in [6.45, 7) is 0. The predicted molar refractivity (Wildman–Crippen MR) is 57.5 cm³/mol. The van der Waals surface area contributed by atoms with Crippen molar-refractivity contribution in [3.8, 4) is 17.6 Å². The van der Waals surface area contributed by atoms with Gasteiger partial charge in [0.2, 0.25) is 0 Å². The standard InChI is InChI=1S/C10H8BrNO3/c1-15-8-3-2-6(5-12)10(14)9(8)7(13)4-11/h2-3,14H,4H2,1H3. The number of hydrogen-bond donors (Lipinski definition) is 1. The summed E-state index contributed by atoms with van der Waals surface area (Å²) in [5.74, 6) is -0.404. The number of nitriles is 1. The number of phenols is 1. The summed E-state index contributed by atoms with van der Waals surface area (Å²) in [4.78, 5) is 11.5. The molecule has 0 saturated carbocycles. The van der Waals surface area contributed by atoms with Crippen LogP contribution in [0.25, 0.3) is 0 Å². The van der Waals surface area contributed by atoms with Crippen molar-refractivity contribution in [1.29, 1.82) is 5.26 Å². The third kappa shape index (κ3) is 2.10. The van der Waals surface area contributed by atoms with E-state index in [1.54, 1.807) is 6.07 Å². The summed E-state index contributed by atoms with van der Waals surface area (Å²) in [7, 11) is 1.39. The molecule has 0 fully saturated rings. The molecular weight excluding hydrogens is 262 g/mol. The number of nitrogens with zero attached hydrogens (tertiary/aromatic N) is 1. The number of alkyl halides is 1. The zero-order chi connectivity index (χ0) is 11.4. The van der Waals surface area contributed by atoms with Gasteiger partial charge in [-0.2, -0.15) is 5.26 Å². The highest BCUT2D eigenvalue weighted by Crippen LogP contribution is 2.31. The lowest BCUT2D eigenvalue weighted by Gasteiger charge is -2.08. The number of Topliss-reactive ketones (excluding diaryl/α,β-unsaturated/α-hetero) is 1. The molecule has 0 aliphatic carbocycles. The van der Waals surface area contributed by atoms with Crippen LogP contribution in [0.3, 0.4) is 0 Å². The van der Waals surface area contributed by atoms with Crippen LogP contribution >= 0.6 is 15.9 Å². The van der Waals surface area contributed by atoms with Crippen molar-refractivity contribution in [2.24, 2.45) is 0 Å². The second kappa shape index (κ2) is 4.80. The van der Waals surface area contributed by atoms with Crippen LogP contribution in [-0.4, -0.2) is 23.3 Å². The maximum Gasteiger partial charge on any atom is 0.180 e. The molecule has 0 aromatic heterocycles. The summed E-state index contributed by atoms with van der Waals surface area (Å²) in [6, 6.07) is 4.68. The second-order valence-corrected chi connectivity index (χ2v) is 3.27. The Balaban J connectivity index is 3.44. The van der Waals surface area contributed by atoms with Crippen molar-refractivity contribution in [2.75, 3.05) is 12.4 Å². The maximum absolute atomic E-state index is 11.5. The van der Waals surface area contributed by atoms with E-state index in [9.17, 15) is 9.90 Å². The quantitative estimate of drug-likeness (QED) is 0.672. The summed E-state index contributed by atoms with van der Waals surface area (Å²) < 4.78 is 4.94. The highest BCUT2D eigenvalue weighted by atomic mass is 79.9. The first kappa shape index (κ1) is 11.5. The van der Waals surface area contributed by atoms with E-state index in [0.717, 1.165) is 0 Å². The van der Waals surface area contributed by atoms with E-state index in [1.165, 1.54) is 19.2 Å². The van der Waals surface area contributed by atoms with Crippen LogP contribution in [0, 0.1) is 11.3 Å². The molecule has 1 aromatic rings. The molecular formula is C10H8BrNO3. The number of ether oxygens (including phenoxy) is 1. The lowest BCUT2D eigenvalue weighted by molar-refractivity contribution is 0.101. The van der Waals surface area contributed by atoms with Crippen molar-refractivity contribution >= 4 is 21.7 Å². The molecule has 0 saturated heterocycles. The minimum absolute atomic E-state index is 0.0356. The molecule has 1 rings (SSSR count). The Morgan fingerprint density at radius 3 is 2.80 bits per heavy atom. The van der Waals surface area contributed by atoms with Crippen LogP contribution < -0.4 is 4.74 Å². The van der Waals surface area contributed by atoms with Gasteiger partial charge in [-0.25, -0.2) is 0 Å². The van der Waals surface area contributed by atoms with Gasteiger partial charge in [-0.1, -0.05) is 15.9 Å². The Morgan fingerprint density at radius 2 is 2.33 bits per heavy atom. The Bertz CT molecular complexity index is 437. The Morgan fingerprint density at radius 1 is 1.67 bits per heavy atom. The molecule has 0 bridgehead atoms. The van der Waals surface area contributed by atoms with E-state index in [4.69, 9.17) is 10.00 Å². The van der Waals surface area contributed by atoms with Crippen molar-refractivity contribution in [3.63, 3.8) is 0 Å². The minimum Gasteiger partial charge on any atom is -0.506 e. The molecule has 1 N–H and O–H groups in total.